The Morgan fingerprint density at radius 2 is 1.73 bits per heavy atom. The van der Waals surface area contributed by atoms with Crippen molar-refractivity contribution in [1.29, 1.82) is 0 Å². The minimum atomic E-state index is 0.0770. The van der Waals surface area contributed by atoms with E-state index in [1.165, 1.54) is 11.8 Å². The first-order valence-corrected chi connectivity index (χ1v) is 10.9. The van der Waals surface area contributed by atoms with Crippen molar-refractivity contribution in [3.8, 4) is 17.1 Å². The van der Waals surface area contributed by atoms with Gasteiger partial charge in [0.2, 0.25) is 0 Å². The number of hydrogen-bond acceptors (Lipinski definition) is 4. The van der Waals surface area contributed by atoms with E-state index in [-0.39, 0.29) is 11.5 Å². The lowest BCUT2D eigenvalue weighted by atomic mass is 10.2. The zero-order valence-corrected chi connectivity index (χ0v) is 18.5. The van der Waals surface area contributed by atoms with Crippen LogP contribution >= 0.6 is 23.4 Å². The molecule has 0 saturated heterocycles. The SMILES string of the molecule is Cc1cc(C(=O)CSc2nnc(-c3ccccc3)n2-c2ccc(Cl)cc2)c(C)n1C. The number of aryl methyl sites for hydroxylation is 1. The third-order valence-corrected chi connectivity index (χ3v) is 6.34. The van der Waals surface area contributed by atoms with Crippen LogP contribution in [0.5, 0.6) is 0 Å². The number of thioether (sulfide) groups is 1. The third kappa shape index (κ3) is 3.93. The summed E-state index contributed by atoms with van der Waals surface area (Å²) in [7, 11) is 1.97. The standard InChI is InChI=1S/C23H21ClN4OS/c1-15-13-20(16(2)27(15)3)21(29)14-30-23-26-25-22(17-7-5-4-6-8-17)28(23)19-11-9-18(24)10-12-19/h4-13H,14H2,1-3H3. The normalized spacial score (nSPS) is 11.1. The Bertz CT molecular complexity index is 1200. The largest absolute Gasteiger partial charge is 0.351 e. The molecular formula is C23H21ClN4OS. The van der Waals surface area contributed by atoms with E-state index in [2.05, 4.69) is 10.2 Å². The molecule has 0 spiro atoms. The quantitative estimate of drug-likeness (QED) is 0.295. The van der Waals surface area contributed by atoms with Crippen LogP contribution in [-0.4, -0.2) is 30.9 Å². The van der Waals surface area contributed by atoms with Crippen LogP contribution < -0.4 is 0 Å². The Balaban J connectivity index is 1.68. The summed E-state index contributed by atoms with van der Waals surface area (Å²) in [6.45, 7) is 3.97. The predicted octanol–water partition coefficient (Wildman–Crippen LogP) is 5.52. The van der Waals surface area contributed by atoms with Crippen molar-refractivity contribution >= 4 is 29.1 Å². The van der Waals surface area contributed by atoms with Crippen molar-refractivity contribution in [1.82, 2.24) is 19.3 Å². The Labute approximate surface area is 184 Å². The average molecular weight is 437 g/mol. The van der Waals surface area contributed by atoms with Crippen molar-refractivity contribution in [2.75, 3.05) is 5.75 Å². The van der Waals surface area contributed by atoms with Crippen molar-refractivity contribution < 1.29 is 4.79 Å². The molecule has 0 aliphatic heterocycles. The van der Waals surface area contributed by atoms with E-state index in [4.69, 9.17) is 11.6 Å². The maximum Gasteiger partial charge on any atom is 0.196 e. The molecule has 7 heteroatoms. The smallest absolute Gasteiger partial charge is 0.196 e. The first-order valence-electron chi connectivity index (χ1n) is 9.51. The zero-order valence-electron chi connectivity index (χ0n) is 17.0. The lowest BCUT2D eigenvalue weighted by molar-refractivity contribution is 0.102. The molecule has 0 aliphatic carbocycles. The van der Waals surface area contributed by atoms with Gasteiger partial charge >= 0.3 is 0 Å². The second-order valence-electron chi connectivity index (χ2n) is 7.04. The van der Waals surface area contributed by atoms with Crippen molar-refractivity contribution in [2.24, 2.45) is 7.05 Å². The second-order valence-corrected chi connectivity index (χ2v) is 8.42. The van der Waals surface area contributed by atoms with Gasteiger partial charge < -0.3 is 4.57 Å². The highest BCUT2D eigenvalue weighted by atomic mass is 35.5. The fourth-order valence-corrected chi connectivity index (χ4v) is 4.27. The average Bonchev–Trinajstić information content (AvgIpc) is 3.30. The molecule has 4 aromatic rings. The van der Waals surface area contributed by atoms with E-state index in [0.717, 1.165) is 34.0 Å². The zero-order chi connectivity index (χ0) is 21.3. The molecular weight excluding hydrogens is 416 g/mol. The Kier molecular flexibility index (Phi) is 5.79. The van der Waals surface area contributed by atoms with Crippen LogP contribution in [0.15, 0.2) is 65.8 Å². The molecule has 0 radical (unpaired) electrons. The number of carbonyl (C=O) groups excluding carboxylic acids is 1. The van der Waals surface area contributed by atoms with E-state index in [0.29, 0.717) is 10.2 Å². The molecule has 0 aliphatic rings. The number of nitrogens with zero attached hydrogens (tertiary/aromatic N) is 4. The maximum absolute atomic E-state index is 12.9. The monoisotopic (exact) mass is 436 g/mol. The van der Waals surface area contributed by atoms with Gasteiger partial charge in [0.05, 0.1) is 5.75 Å². The number of aromatic nitrogens is 4. The summed E-state index contributed by atoms with van der Waals surface area (Å²) in [6, 6.07) is 19.3. The number of Topliss-reactive ketones (excluding diaryl/α,β-unsaturated/α-hetero) is 1. The molecule has 2 aromatic heterocycles. The van der Waals surface area contributed by atoms with Gasteiger partial charge in [-0.05, 0) is 44.2 Å². The molecule has 0 atom stereocenters. The topological polar surface area (TPSA) is 52.7 Å². The van der Waals surface area contributed by atoms with Crippen LogP contribution in [0.25, 0.3) is 17.1 Å². The molecule has 30 heavy (non-hydrogen) atoms. The first kappa shape index (κ1) is 20.4. The van der Waals surface area contributed by atoms with E-state index < -0.39 is 0 Å². The Hall–Kier alpha value is -2.83. The highest BCUT2D eigenvalue weighted by Crippen LogP contribution is 2.29. The van der Waals surface area contributed by atoms with Crippen LogP contribution in [0.3, 0.4) is 0 Å². The Morgan fingerprint density at radius 1 is 1.03 bits per heavy atom. The molecule has 0 unspecified atom stereocenters. The number of rotatable bonds is 6. The van der Waals surface area contributed by atoms with Crippen molar-refractivity contribution in [2.45, 2.75) is 19.0 Å². The van der Waals surface area contributed by atoms with E-state index >= 15 is 0 Å². The lowest BCUT2D eigenvalue weighted by Gasteiger charge is -2.10. The van der Waals surface area contributed by atoms with Crippen LogP contribution in [0, 0.1) is 13.8 Å². The van der Waals surface area contributed by atoms with Crippen LogP contribution in [-0.2, 0) is 7.05 Å². The van der Waals surface area contributed by atoms with Gasteiger partial charge in [0.25, 0.3) is 0 Å². The molecule has 0 bridgehead atoms. The van der Waals surface area contributed by atoms with Gasteiger partial charge in [0.15, 0.2) is 16.8 Å². The summed E-state index contributed by atoms with van der Waals surface area (Å²) in [5.74, 6) is 1.08. The third-order valence-electron chi connectivity index (χ3n) is 5.16. The van der Waals surface area contributed by atoms with Crippen LogP contribution in [0.4, 0.5) is 0 Å². The van der Waals surface area contributed by atoms with Gasteiger partial charge in [-0.2, -0.15) is 0 Å². The maximum atomic E-state index is 12.9. The number of ketones is 1. The van der Waals surface area contributed by atoms with Gasteiger partial charge in [-0.1, -0.05) is 53.7 Å². The van der Waals surface area contributed by atoms with Crippen molar-refractivity contribution in [3.63, 3.8) is 0 Å². The summed E-state index contributed by atoms with van der Waals surface area (Å²) < 4.78 is 3.99. The number of benzene rings is 2. The molecule has 152 valence electrons. The summed E-state index contributed by atoms with van der Waals surface area (Å²) >= 11 is 7.46. The molecule has 2 heterocycles. The lowest BCUT2D eigenvalue weighted by Crippen LogP contribution is -2.06. The molecule has 0 saturated carbocycles. The second kappa shape index (κ2) is 8.50. The van der Waals surface area contributed by atoms with E-state index in [1.54, 1.807) is 0 Å². The predicted molar refractivity (Wildman–Crippen MR) is 122 cm³/mol. The number of halogens is 1. The van der Waals surface area contributed by atoms with Gasteiger partial charge in [-0.15, -0.1) is 10.2 Å². The highest BCUT2D eigenvalue weighted by molar-refractivity contribution is 7.99. The van der Waals surface area contributed by atoms with E-state index in [9.17, 15) is 4.79 Å². The Morgan fingerprint density at radius 3 is 2.37 bits per heavy atom. The minimum Gasteiger partial charge on any atom is -0.351 e. The van der Waals surface area contributed by atoms with Crippen LogP contribution in [0.1, 0.15) is 21.7 Å². The summed E-state index contributed by atoms with van der Waals surface area (Å²) in [4.78, 5) is 12.9. The molecule has 2 aromatic carbocycles. The summed E-state index contributed by atoms with van der Waals surface area (Å²) in [5.41, 5.74) is 4.64. The molecule has 0 N–H and O–H groups in total. The fourth-order valence-electron chi connectivity index (χ4n) is 3.31. The molecule has 0 fully saturated rings. The summed E-state index contributed by atoms with van der Waals surface area (Å²) in [5, 5.41) is 10.1. The van der Waals surface area contributed by atoms with E-state index in [1.807, 2.05) is 90.7 Å². The van der Waals surface area contributed by atoms with Gasteiger partial charge in [-0.3, -0.25) is 9.36 Å². The van der Waals surface area contributed by atoms with Gasteiger partial charge in [0, 0.05) is 40.3 Å². The van der Waals surface area contributed by atoms with Crippen molar-refractivity contribution in [3.05, 3.63) is 82.6 Å². The van der Waals surface area contributed by atoms with Gasteiger partial charge in [-0.25, -0.2) is 0 Å². The molecule has 0 amide bonds. The van der Waals surface area contributed by atoms with Crippen LogP contribution in [0.2, 0.25) is 5.02 Å². The number of carbonyl (C=O) groups is 1. The number of hydrogen-bond donors (Lipinski definition) is 0. The highest BCUT2D eigenvalue weighted by Gasteiger charge is 2.19. The minimum absolute atomic E-state index is 0.0770. The summed E-state index contributed by atoms with van der Waals surface area (Å²) in [6.07, 6.45) is 0. The molecule has 5 nitrogen and oxygen atoms in total. The first-order chi connectivity index (χ1) is 14.5. The van der Waals surface area contributed by atoms with Gasteiger partial charge in [0.1, 0.15) is 0 Å². The molecule has 4 rings (SSSR count). The fraction of sp³-hybridized carbons (Fsp3) is 0.174.